The Morgan fingerprint density at radius 1 is 0.450 bits per heavy atom. The van der Waals surface area contributed by atoms with E-state index in [1.165, 1.54) is 21.9 Å². The van der Waals surface area contributed by atoms with E-state index >= 15 is 0 Å². The van der Waals surface area contributed by atoms with Crippen molar-refractivity contribution in [3.63, 3.8) is 0 Å². The average molecular weight is 561 g/mol. The van der Waals surface area contributed by atoms with E-state index in [2.05, 4.69) is 64.1 Å². The van der Waals surface area contributed by atoms with Crippen LogP contribution in [0.15, 0.2) is 76.5 Å². The molecule has 0 spiro atoms. The maximum atomic E-state index is 5.82. The number of hydrogen-bond donors (Lipinski definition) is 0. The van der Waals surface area contributed by atoms with Crippen molar-refractivity contribution in [2.75, 3.05) is 42.7 Å². The Morgan fingerprint density at radius 2 is 0.725 bits per heavy atom. The van der Waals surface area contributed by atoms with Crippen LogP contribution in [-0.2, 0) is 0 Å². The number of allylic oxidation sites excluding steroid dienone is 4. The molecule has 0 heterocycles. The Bertz CT molecular complexity index is 1270. The van der Waals surface area contributed by atoms with Crippen LogP contribution in [0.5, 0.6) is 34.5 Å². The second kappa shape index (κ2) is 11.7. The van der Waals surface area contributed by atoms with Crippen LogP contribution in [0.1, 0.15) is 27.7 Å². The highest BCUT2D eigenvalue weighted by Crippen LogP contribution is 2.43. The fourth-order valence-electron chi connectivity index (χ4n) is 6.01. The lowest BCUT2D eigenvalue weighted by Gasteiger charge is -2.39. The number of hydrogen-bond acceptors (Lipinski definition) is 6. The van der Waals surface area contributed by atoms with Gasteiger partial charge in [-0.05, 0) is 84.2 Å². The third kappa shape index (κ3) is 4.83. The molecule has 0 saturated heterocycles. The number of methoxy groups -OCH3 is 6. The molecule has 7 heteroatoms. The summed E-state index contributed by atoms with van der Waals surface area (Å²) >= 11 is 0. The quantitative estimate of drug-likeness (QED) is 0.256. The Balaban J connectivity index is 2.31. The molecule has 1 atom stereocenters. The van der Waals surface area contributed by atoms with Crippen LogP contribution in [0.4, 0.5) is 0 Å². The molecule has 0 N–H and O–H groups in total. The van der Waals surface area contributed by atoms with Gasteiger partial charge in [0.25, 0.3) is 0 Å². The van der Waals surface area contributed by atoms with Gasteiger partial charge in [-0.2, -0.15) is 0 Å². The summed E-state index contributed by atoms with van der Waals surface area (Å²) in [6, 6.07) is 18.6. The monoisotopic (exact) mass is 560 g/mol. The predicted molar refractivity (Wildman–Crippen MR) is 164 cm³/mol. The van der Waals surface area contributed by atoms with Crippen molar-refractivity contribution in [2.45, 2.75) is 27.7 Å². The van der Waals surface area contributed by atoms with Gasteiger partial charge in [-0.25, -0.2) is 0 Å². The van der Waals surface area contributed by atoms with Crippen LogP contribution in [-0.4, -0.2) is 50.7 Å². The number of rotatable bonds is 10. The second-order valence-corrected chi connectivity index (χ2v) is 13.9. The topological polar surface area (TPSA) is 55.4 Å². The summed E-state index contributed by atoms with van der Waals surface area (Å²) in [7, 11) is 6.98. The molecule has 1 aliphatic rings. The number of benzene rings is 3. The first-order valence-corrected chi connectivity index (χ1v) is 15.3. The molecular weight excluding hydrogens is 520 g/mol. The van der Waals surface area contributed by atoms with Gasteiger partial charge in [0.15, 0.2) is 8.07 Å². The van der Waals surface area contributed by atoms with Crippen LogP contribution in [0.2, 0.25) is 0 Å². The third-order valence-corrected chi connectivity index (χ3v) is 13.5. The van der Waals surface area contributed by atoms with Gasteiger partial charge in [0, 0.05) is 18.2 Å². The van der Waals surface area contributed by atoms with Crippen molar-refractivity contribution in [1.29, 1.82) is 0 Å². The van der Waals surface area contributed by atoms with Crippen LogP contribution < -0.4 is 44.0 Å². The van der Waals surface area contributed by atoms with E-state index in [9.17, 15) is 0 Å². The maximum absolute atomic E-state index is 5.82. The van der Waals surface area contributed by atoms with E-state index in [1.54, 1.807) is 42.7 Å². The van der Waals surface area contributed by atoms with Gasteiger partial charge in [0.05, 0.1) is 42.7 Å². The van der Waals surface area contributed by atoms with E-state index in [4.69, 9.17) is 28.4 Å². The molecule has 0 aromatic heterocycles. The maximum Gasteiger partial charge on any atom is 0.177 e. The fourth-order valence-corrected chi connectivity index (χ4v) is 11.7. The van der Waals surface area contributed by atoms with Gasteiger partial charge in [-0.3, -0.25) is 0 Å². The molecule has 0 amide bonds. The highest BCUT2D eigenvalue weighted by Gasteiger charge is 2.49. The van der Waals surface area contributed by atoms with Gasteiger partial charge in [0.1, 0.15) is 34.5 Å². The molecular formula is C33H40O6Si. The van der Waals surface area contributed by atoms with Crippen molar-refractivity contribution in [1.82, 2.24) is 0 Å². The van der Waals surface area contributed by atoms with Gasteiger partial charge in [0.2, 0.25) is 0 Å². The molecule has 0 fully saturated rings. The molecule has 1 aliphatic carbocycles. The molecule has 1 unspecified atom stereocenters. The number of ether oxygens (including phenoxy) is 6. The minimum atomic E-state index is -3.13. The summed E-state index contributed by atoms with van der Waals surface area (Å²) in [5, 5.41) is 4.71. The van der Waals surface area contributed by atoms with Crippen molar-refractivity contribution < 1.29 is 28.4 Å². The molecule has 0 radical (unpaired) electrons. The third-order valence-electron chi connectivity index (χ3n) is 8.40. The summed E-state index contributed by atoms with van der Waals surface area (Å²) in [5.74, 6) is 4.53. The normalized spacial score (nSPS) is 15.3. The van der Waals surface area contributed by atoms with Gasteiger partial charge in [-0.1, -0.05) is 23.3 Å². The first-order chi connectivity index (χ1) is 19.2. The lowest BCUT2D eigenvalue weighted by atomic mass is 10.1. The van der Waals surface area contributed by atoms with Gasteiger partial charge >= 0.3 is 0 Å². The van der Waals surface area contributed by atoms with E-state index in [1.807, 2.05) is 18.2 Å². The summed E-state index contributed by atoms with van der Waals surface area (Å²) < 4.78 is 34.9. The van der Waals surface area contributed by atoms with Crippen molar-refractivity contribution in [2.24, 2.45) is 5.92 Å². The van der Waals surface area contributed by atoms with Crippen molar-refractivity contribution in [3.05, 3.63) is 76.5 Å². The molecule has 3 aromatic carbocycles. The molecule has 4 rings (SSSR count). The predicted octanol–water partition coefficient (Wildman–Crippen LogP) is 5.05. The highest BCUT2D eigenvalue weighted by molar-refractivity contribution is 7.16. The Kier molecular flexibility index (Phi) is 8.54. The van der Waals surface area contributed by atoms with Crippen molar-refractivity contribution in [3.8, 4) is 34.5 Å². The van der Waals surface area contributed by atoms with E-state index in [0.717, 1.165) is 50.1 Å². The first-order valence-electron chi connectivity index (χ1n) is 13.3. The van der Waals surface area contributed by atoms with Crippen LogP contribution >= 0.6 is 0 Å². The average Bonchev–Trinajstić information content (AvgIpc) is 3.19. The largest absolute Gasteiger partial charge is 0.497 e. The zero-order chi connectivity index (χ0) is 29.2. The summed E-state index contributed by atoms with van der Waals surface area (Å²) in [5.41, 5.74) is 3.98. The Labute approximate surface area is 239 Å². The summed E-state index contributed by atoms with van der Waals surface area (Å²) in [4.78, 5) is 0. The standard InChI is InChI=1S/C33H40O6Si/c1-20-21(2)23(4)33(22(20)3)40(30-14-24(34-5)11-25(15-30)35-6,31-16-26(36-7)12-27(17-31)37-8)32-18-28(38-9)13-29(19-32)39-10/h11-19,22H,1-10H3. The molecule has 6 nitrogen and oxygen atoms in total. The van der Waals surface area contributed by atoms with Crippen LogP contribution in [0, 0.1) is 5.92 Å². The molecule has 40 heavy (non-hydrogen) atoms. The zero-order valence-corrected chi connectivity index (χ0v) is 26.2. The first kappa shape index (κ1) is 29.1. The minimum Gasteiger partial charge on any atom is -0.497 e. The second-order valence-electron chi connectivity index (χ2n) is 10.1. The zero-order valence-electron chi connectivity index (χ0n) is 25.2. The van der Waals surface area contributed by atoms with E-state index in [-0.39, 0.29) is 5.92 Å². The lowest BCUT2D eigenvalue weighted by molar-refractivity contribution is 0.395. The van der Waals surface area contributed by atoms with Gasteiger partial charge < -0.3 is 28.4 Å². The van der Waals surface area contributed by atoms with Crippen LogP contribution in [0.3, 0.4) is 0 Å². The Hall–Kier alpha value is -3.84. The van der Waals surface area contributed by atoms with Gasteiger partial charge in [-0.15, -0.1) is 0 Å². The SMILES string of the molecule is COc1cc(OC)cc([Si](C2=C(C)C(C)=C(C)C2C)(c2cc(OC)cc(OC)c2)c2cc(OC)cc(OC)c2)c1. The van der Waals surface area contributed by atoms with Crippen molar-refractivity contribution >= 4 is 23.6 Å². The van der Waals surface area contributed by atoms with E-state index < -0.39 is 8.07 Å². The Morgan fingerprint density at radius 3 is 0.925 bits per heavy atom. The smallest absolute Gasteiger partial charge is 0.177 e. The summed E-state index contributed by atoms with van der Waals surface area (Å²) in [6.07, 6.45) is 0. The fraction of sp³-hybridized carbons (Fsp3) is 0.333. The minimum absolute atomic E-state index is 0.193. The molecule has 0 aliphatic heterocycles. The highest BCUT2D eigenvalue weighted by atomic mass is 28.3. The summed E-state index contributed by atoms with van der Waals surface area (Å²) in [6.45, 7) is 9.00. The molecule has 0 bridgehead atoms. The molecule has 3 aromatic rings. The molecule has 212 valence electrons. The molecule has 0 saturated carbocycles. The van der Waals surface area contributed by atoms with Crippen LogP contribution in [0.25, 0.3) is 0 Å². The van der Waals surface area contributed by atoms with E-state index in [0.29, 0.717) is 0 Å². The lowest BCUT2D eigenvalue weighted by Crippen LogP contribution is -2.69.